The largest absolute Gasteiger partial charge is 0.273 e. The molecule has 0 amide bonds. The van der Waals surface area contributed by atoms with Crippen molar-refractivity contribution >= 4 is 15.9 Å². The summed E-state index contributed by atoms with van der Waals surface area (Å²) in [5.74, 6) is 5.24. The third kappa shape index (κ3) is 2.45. The first kappa shape index (κ1) is 13.2. The molecule has 0 fully saturated rings. The van der Waals surface area contributed by atoms with Crippen LogP contribution in [0.4, 0.5) is 4.39 Å². The molecule has 0 spiro atoms. The zero-order valence-corrected chi connectivity index (χ0v) is 11.5. The molecule has 6 heteroatoms. The van der Waals surface area contributed by atoms with Gasteiger partial charge >= 0.3 is 0 Å². The Morgan fingerprint density at radius 1 is 1.56 bits per heavy atom. The highest BCUT2D eigenvalue weighted by Crippen LogP contribution is 2.30. The van der Waals surface area contributed by atoms with Gasteiger partial charge in [-0.05, 0) is 19.1 Å². The quantitative estimate of drug-likeness (QED) is 0.673. The van der Waals surface area contributed by atoms with Crippen LogP contribution in [0.25, 0.3) is 0 Å². The van der Waals surface area contributed by atoms with Gasteiger partial charge in [0.25, 0.3) is 0 Å². The average Bonchev–Trinajstić information content (AvgIpc) is 2.82. The van der Waals surface area contributed by atoms with Crippen molar-refractivity contribution in [3.05, 3.63) is 52.0 Å². The van der Waals surface area contributed by atoms with Gasteiger partial charge in [-0.25, -0.2) is 9.82 Å². The lowest BCUT2D eigenvalue weighted by Gasteiger charge is -2.17. The highest BCUT2D eigenvalue weighted by Gasteiger charge is 2.20. The first-order valence-corrected chi connectivity index (χ1v) is 6.39. The van der Waals surface area contributed by atoms with E-state index in [0.717, 1.165) is 12.1 Å². The molecule has 4 nitrogen and oxygen atoms in total. The molecule has 2 aromatic rings. The number of nitrogens with two attached hydrogens (primary N) is 1. The molecule has 1 unspecified atom stereocenters. The number of nitrogens with zero attached hydrogens (tertiary/aromatic N) is 2. The van der Waals surface area contributed by atoms with Crippen LogP contribution in [-0.2, 0) is 6.54 Å². The number of hydrazine groups is 1. The minimum atomic E-state index is -0.430. The smallest absolute Gasteiger partial charge is 0.129 e. The molecule has 0 radical (unpaired) electrons. The van der Waals surface area contributed by atoms with E-state index in [9.17, 15) is 4.39 Å². The third-order valence-electron chi connectivity index (χ3n) is 2.77. The van der Waals surface area contributed by atoms with E-state index in [4.69, 9.17) is 5.84 Å². The molecule has 1 heterocycles. The van der Waals surface area contributed by atoms with Crippen LogP contribution in [0.15, 0.2) is 35.1 Å². The summed E-state index contributed by atoms with van der Waals surface area (Å²) in [5, 5.41) is 4.17. The minimum Gasteiger partial charge on any atom is -0.273 e. The summed E-state index contributed by atoms with van der Waals surface area (Å²) in [6.07, 6.45) is 3.54. The molecule has 0 saturated heterocycles. The van der Waals surface area contributed by atoms with Crippen LogP contribution < -0.4 is 11.3 Å². The molecule has 0 aliphatic heterocycles. The Bertz CT molecular complexity index is 520. The van der Waals surface area contributed by atoms with E-state index in [0.29, 0.717) is 10.0 Å². The number of hydrogen-bond donors (Lipinski definition) is 2. The predicted molar refractivity (Wildman–Crippen MR) is 71.2 cm³/mol. The van der Waals surface area contributed by atoms with E-state index in [1.54, 1.807) is 23.0 Å². The maximum Gasteiger partial charge on any atom is 0.129 e. The van der Waals surface area contributed by atoms with Crippen LogP contribution in [0.2, 0.25) is 0 Å². The van der Waals surface area contributed by atoms with E-state index in [2.05, 4.69) is 26.5 Å². The Hall–Kier alpha value is -1.24. The predicted octanol–water partition coefficient (Wildman–Crippen LogP) is 2.36. The van der Waals surface area contributed by atoms with Crippen molar-refractivity contribution in [3.8, 4) is 0 Å². The van der Waals surface area contributed by atoms with E-state index in [1.165, 1.54) is 6.07 Å². The number of halogens is 2. The topological polar surface area (TPSA) is 55.9 Å². The van der Waals surface area contributed by atoms with E-state index in [1.807, 2.05) is 13.1 Å². The summed E-state index contributed by atoms with van der Waals surface area (Å²) in [7, 11) is 0. The van der Waals surface area contributed by atoms with Gasteiger partial charge in [0, 0.05) is 28.3 Å². The minimum absolute atomic E-state index is 0.309. The Kier molecular flexibility index (Phi) is 4.11. The van der Waals surface area contributed by atoms with Crippen molar-refractivity contribution in [1.29, 1.82) is 0 Å². The van der Waals surface area contributed by atoms with Gasteiger partial charge < -0.3 is 0 Å². The second-order valence-electron chi connectivity index (χ2n) is 3.86. The Labute approximate surface area is 113 Å². The molecule has 3 N–H and O–H groups in total. The second-order valence-corrected chi connectivity index (χ2v) is 4.72. The summed E-state index contributed by atoms with van der Waals surface area (Å²) < 4.78 is 16.4. The maximum absolute atomic E-state index is 13.9. The summed E-state index contributed by atoms with van der Waals surface area (Å²) in [4.78, 5) is 0. The number of rotatable bonds is 4. The molecule has 0 saturated carbocycles. The maximum atomic E-state index is 13.9. The molecule has 0 aliphatic carbocycles. The highest BCUT2D eigenvalue weighted by atomic mass is 79.9. The van der Waals surface area contributed by atoms with Gasteiger partial charge in [0.1, 0.15) is 5.82 Å². The van der Waals surface area contributed by atoms with Gasteiger partial charge in [0.2, 0.25) is 0 Å². The zero-order chi connectivity index (χ0) is 13.1. The number of aryl methyl sites for hydroxylation is 1. The Morgan fingerprint density at radius 2 is 2.33 bits per heavy atom. The average molecular weight is 313 g/mol. The summed E-state index contributed by atoms with van der Waals surface area (Å²) in [5.41, 5.74) is 3.94. The van der Waals surface area contributed by atoms with Gasteiger partial charge in [0.15, 0.2) is 0 Å². The fourth-order valence-electron chi connectivity index (χ4n) is 1.83. The summed E-state index contributed by atoms with van der Waals surface area (Å²) >= 11 is 3.35. The first-order chi connectivity index (χ1) is 8.67. The lowest BCUT2D eigenvalue weighted by molar-refractivity contribution is 0.557. The van der Waals surface area contributed by atoms with Crippen LogP contribution in [0.3, 0.4) is 0 Å². The van der Waals surface area contributed by atoms with Gasteiger partial charge in [0.05, 0.1) is 12.2 Å². The number of benzene rings is 1. The molecule has 1 aromatic heterocycles. The molecule has 96 valence electrons. The molecule has 0 bridgehead atoms. The van der Waals surface area contributed by atoms with Crippen molar-refractivity contribution in [1.82, 2.24) is 15.2 Å². The fraction of sp³-hybridized carbons (Fsp3) is 0.250. The number of aromatic nitrogens is 2. The molecular weight excluding hydrogens is 299 g/mol. The Balaban J connectivity index is 2.45. The van der Waals surface area contributed by atoms with Crippen molar-refractivity contribution < 1.29 is 4.39 Å². The van der Waals surface area contributed by atoms with Crippen LogP contribution >= 0.6 is 15.9 Å². The molecule has 0 aliphatic rings. The highest BCUT2D eigenvalue weighted by molar-refractivity contribution is 9.10. The van der Waals surface area contributed by atoms with Crippen LogP contribution in [-0.4, -0.2) is 9.78 Å². The molecule has 1 atom stereocenters. The van der Waals surface area contributed by atoms with Gasteiger partial charge in [-0.15, -0.1) is 0 Å². The number of nitrogens with one attached hydrogen (secondary N) is 1. The van der Waals surface area contributed by atoms with Crippen molar-refractivity contribution in [2.75, 3.05) is 0 Å². The third-order valence-corrected chi connectivity index (χ3v) is 3.46. The van der Waals surface area contributed by atoms with Crippen LogP contribution in [0.1, 0.15) is 24.1 Å². The summed E-state index contributed by atoms with van der Waals surface area (Å²) in [6, 6.07) is 4.41. The van der Waals surface area contributed by atoms with E-state index < -0.39 is 6.04 Å². The summed E-state index contributed by atoms with van der Waals surface area (Å²) in [6.45, 7) is 2.75. The van der Waals surface area contributed by atoms with Gasteiger partial charge in [-0.3, -0.25) is 10.5 Å². The zero-order valence-electron chi connectivity index (χ0n) is 9.90. The van der Waals surface area contributed by atoms with Crippen LogP contribution in [0.5, 0.6) is 0 Å². The molecule has 2 rings (SSSR count). The fourth-order valence-corrected chi connectivity index (χ4v) is 2.41. The number of hydrogen-bond acceptors (Lipinski definition) is 3. The molecule has 1 aromatic carbocycles. The van der Waals surface area contributed by atoms with Crippen molar-refractivity contribution in [2.24, 2.45) is 5.84 Å². The van der Waals surface area contributed by atoms with E-state index in [-0.39, 0.29) is 5.82 Å². The first-order valence-electron chi connectivity index (χ1n) is 5.59. The monoisotopic (exact) mass is 312 g/mol. The normalized spacial score (nSPS) is 12.7. The lowest BCUT2D eigenvalue weighted by atomic mass is 10.0. The second kappa shape index (κ2) is 5.60. The molecular formula is C12H14BrFN4. The lowest BCUT2D eigenvalue weighted by Crippen LogP contribution is -2.29. The Morgan fingerprint density at radius 3 is 2.89 bits per heavy atom. The van der Waals surface area contributed by atoms with Crippen molar-refractivity contribution in [3.63, 3.8) is 0 Å². The molecule has 18 heavy (non-hydrogen) atoms. The van der Waals surface area contributed by atoms with Crippen molar-refractivity contribution in [2.45, 2.75) is 19.5 Å². The van der Waals surface area contributed by atoms with E-state index >= 15 is 0 Å². The van der Waals surface area contributed by atoms with Crippen LogP contribution in [0, 0.1) is 5.82 Å². The van der Waals surface area contributed by atoms with Gasteiger partial charge in [-0.2, -0.15) is 5.10 Å². The van der Waals surface area contributed by atoms with Gasteiger partial charge in [-0.1, -0.05) is 22.0 Å². The SMILES string of the molecule is CCn1cc(C(NN)c2c(F)cccc2Br)cn1. The standard InChI is InChI=1S/C12H14BrFN4/c1-2-18-7-8(6-16-18)12(17-15)11-9(13)4-3-5-10(11)14/h3-7,12,17H,2,15H2,1H3.